The van der Waals surface area contributed by atoms with E-state index < -0.39 is 12.0 Å². The molecular formula is C17H19N3O3S. The summed E-state index contributed by atoms with van der Waals surface area (Å²) in [6.07, 6.45) is 1.69. The number of likely N-dealkylation sites (tertiary alicyclic amines) is 1. The highest BCUT2D eigenvalue weighted by Crippen LogP contribution is 2.24. The number of amides is 2. The van der Waals surface area contributed by atoms with E-state index in [-0.39, 0.29) is 12.6 Å². The summed E-state index contributed by atoms with van der Waals surface area (Å²) in [6.45, 7) is 2.75. The summed E-state index contributed by atoms with van der Waals surface area (Å²) in [5, 5.41) is 2.92. The van der Waals surface area contributed by atoms with Gasteiger partial charge in [0, 0.05) is 23.2 Å². The minimum Gasteiger partial charge on any atom is -0.460 e. The predicted molar refractivity (Wildman–Crippen MR) is 91.9 cm³/mol. The second-order valence-corrected chi connectivity index (χ2v) is 6.66. The van der Waals surface area contributed by atoms with Gasteiger partial charge >= 0.3 is 12.0 Å². The number of urea groups is 1. The van der Waals surface area contributed by atoms with Crippen molar-refractivity contribution in [1.29, 1.82) is 0 Å². The van der Waals surface area contributed by atoms with Crippen LogP contribution in [0.2, 0.25) is 0 Å². The van der Waals surface area contributed by atoms with Gasteiger partial charge in [-0.05, 0) is 31.9 Å². The zero-order chi connectivity index (χ0) is 17.1. The first kappa shape index (κ1) is 16.4. The third-order valence-corrected chi connectivity index (χ3v) is 5.06. The number of nitrogens with two attached hydrogens (primary N) is 1. The first-order valence-corrected chi connectivity index (χ1v) is 8.68. The number of nitrogens with zero attached hydrogens (tertiary/aromatic N) is 2. The van der Waals surface area contributed by atoms with Gasteiger partial charge < -0.3 is 15.4 Å². The van der Waals surface area contributed by atoms with E-state index in [1.807, 2.05) is 24.4 Å². The number of esters is 1. The molecule has 0 aliphatic carbocycles. The molecule has 2 amide bonds. The molecule has 1 aliphatic heterocycles. The summed E-state index contributed by atoms with van der Waals surface area (Å²) in [5.74, 6) is -0.395. The van der Waals surface area contributed by atoms with Gasteiger partial charge in [-0.1, -0.05) is 12.1 Å². The topological polar surface area (TPSA) is 85.5 Å². The van der Waals surface area contributed by atoms with Crippen molar-refractivity contribution in [1.82, 2.24) is 9.88 Å². The molecule has 2 N–H and O–H groups in total. The molecule has 2 heterocycles. The van der Waals surface area contributed by atoms with Gasteiger partial charge in [-0.2, -0.15) is 0 Å². The van der Waals surface area contributed by atoms with Crippen LogP contribution >= 0.6 is 11.3 Å². The second kappa shape index (κ2) is 7.00. The van der Waals surface area contributed by atoms with E-state index >= 15 is 0 Å². The van der Waals surface area contributed by atoms with Crippen molar-refractivity contribution in [3.8, 4) is 10.6 Å². The van der Waals surface area contributed by atoms with E-state index in [9.17, 15) is 9.59 Å². The van der Waals surface area contributed by atoms with Crippen LogP contribution in [0.5, 0.6) is 0 Å². The molecule has 1 aromatic carbocycles. The van der Waals surface area contributed by atoms with E-state index in [1.54, 1.807) is 28.4 Å². The molecule has 0 bridgehead atoms. The van der Waals surface area contributed by atoms with Crippen molar-refractivity contribution < 1.29 is 14.3 Å². The average Bonchev–Trinajstić information content (AvgIpc) is 3.21. The number of ether oxygens (including phenoxy) is 1. The molecule has 2 aromatic rings. The maximum Gasteiger partial charge on any atom is 0.338 e. The summed E-state index contributed by atoms with van der Waals surface area (Å²) in [4.78, 5) is 29.4. The molecule has 7 heteroatoms. The maximum atomic E-state index is 12.2. The number of aromatic nitrogens is 1. The number of aryl methyl sites for hydroxylation is 1. The molecule has 1 fully saturated rings. The second-order valence-electron chi connectivity index (χ2n) is 5.80. The highest BCUT2D eigenvalue weighted by Gasteiger charge is 2.28. The van der Waals surface area contributed by atoms with Gasteiger partial charge in [-0.15, -0.1) is 11.3 Å². The van der Waals surface area contributed by atoms with Gasteiger partial charge in [-0.25, -0.2) is 14.6 Å². The Labute approximate surface area is 144 Å². The summed E-state index contributed by atoms with van der Waals surface area (Å²) in [5.41, 5.74) is 7.76. The van der Waals surface area contributed by atoms with Crippen LogP contribution in [0.25, 0.3) is 10.6 Å². The molecule has 1 atom stereocenters. The van der Waals surface area contributed by atoms with Gasteiger partial charge in [0.15, 0.2) is 0 Å². The number of hydrogen-bond acceptors (Lipinski definition) is 5. The van der Waals surface area contributed by atoms with Crippen LogP contribution in [0.4, 0.5) is 4.79 Å². The number of benzene rings is 1. The smallest absolute Gasteiger partial charge is 0.338 e. The van der Waals surface area contributed by atoms with Crippen molar-refractivity contribution in [2.75, 3.05) is 13.2 Å². The largest absolute Gasteiger partial charge is 0.460 e. The van der Waals surface area contributed by atoms with Crippen LogP contribution in [-0.4, -0.2) is 41.1 Å². The van der Waals surface area contributed by atoms with Crippen molar-refractivity contribution in [2.24, 2.45) is 5.73 Å². The normalized spacial score (nSPS) is 17.0. The maximum absolute atomic E-state index is 12.2. The van der Waals surface area contributed by atoms with E-state index in [2.05, 4.69) is 4.98 Å². The van der Waals surface area contributed by atoms with Crippen molar-refractivity contribution in [3.63, 3.8) is 0 Å². The SMILES string of the molecule is Cc1csc(-c2ccc(C(=O)OCC3CCCN3C(N)=O)cc2)n1. The first-order valence-electron chi connectivity index (χ1n) is 7.80. The molecule has 0 saturated carbocycles. The molecule has 1 saturated heterocycles. The summed E-state index contributed by atoms with van der Waals surface area (Å²) in [6, 6.07) is 6.60. The molecule has 0 spiro atoms. The summed E-state index contributed by atoms with van der Waals surface area (Å²) < 4.78 is 5.34. The average molecular weight is 345 g/mol. The zero-order valence-corrected chi connectivity index (χ0v) is 14.2. The van der Waals surface area contributed by atoms with Crippen molar-refractivity contribution in [2.45, 2.75) is 25.8 Å². The standard InChI is InChI=1S/C17H19N3O3S/c1-11-10-24-15(19-11)12-4-6-13(7-5-12)16(21)23-9-14-3-2-8-20(14)17(18)22/h4-7,10,14H,2-3,8-9H2,1H3,(H2,18,22). The van der Waals surface area contributed by atoms with E-state index in [0.29, 0.717) is 12.1 Å². The van der Waals surface area contributed by atoms with Gasteiger partial charge in [0.05, 0.1) is 11.6 Å². The monoisotopic (exact) mass is 345 g/mol. The zero-order valence-electron chi connectivity index (χ0n) is 13.4. The lowest BCUT2D eigenvalue weighted by atomic mass is 10.1. The molecule has 24 heavy (non-hydrogen) atoms. The van der Waals surface area contributed by atoms with Gasteiger partial charge in [0.25, 0.3) is 0 Å². The van der Waals surface area contributed by atoms with Crippen LogP contribution < -0.4 is 5.73 Å². The van der Waals surface area contributed by atoms with Crippen LogP contribution in [0.1, 0.15) is 28.9 Å². The Kier molecular flexibility index (Phi) is 4.80. The molecule has 126 valence electrons. The number of rotatable bonds is 4. The first-order chi connectivity index (χ1) is 11.5. The minimum absolute atomic E-state index is 0.121. The van der Waals surface area contributed by atoms with Gasteiger partial charge in [0.2, 0.25) is 0 Å². The number of primary amides is 1. The molecule has 6 nitrogen and oxygen atoms in total. The van der Waals surface area contributed by atoms with E-state index in [0.717, 1.165) is 29.1 Å². The molecule has 1 aliphatic rings. The summed E-state index contributed by atoms with van der Waals surface area (Å²) >= 11 is 1.57. The quantitative estimate of drug-likeness (QED) is 0.864. The predicted octanol–water partition coefficient (Wildman–Crippen LogP) is 2.82. The van der Waals surface area contributed by atoms with E-state index in [1.165, 1.54) is 0 Å². The van der Waals surface area contributed by atoms with Crippen molar-refractivity contribution >= 4 is 23.3 Å². The molecular weight excluding hydrogens is 326 g/mol. The molecule has 1 unspecified atom stereocenters. The summed E-state index contributed by atoms with van der Waals surface area (Å²) in [7, 11) is 0. The fourth-order valence-corrected chi connectivity index (χ4v) is 3.59. The Balaban J connectivity index is 1.60. The fraction of sp³-hybridized carbons (Fsp3) is 0.353. The third kappa shape index (κ3) is 3.56. The van der Waals surface area contributed by atoms with Crippen LogP contribution in [0.3, 0.4) is 0 Å². The highest BCUT2D eigenvalue weighted by molar-refractivity contribution is 7.13. The molecule has 3 rings (SSSR count). The highest BCUT2D eigenvalue weighted by atomic mass is 32.1. The van der Waals surface area contributed by atoms with Crippen LogP contribution in [-0.2, 0) is 4.74 Å². The van der Waals surface area contributed by atoms with Crippen molar-refractivity contribution in [3.05, 3.63) is 40.9 Å². The Morgan fingerprint density at radius 2 is 2.12 bits per heavy atom. The lowest BCUT2D eigenvalue weighted by molar-refractivity contribution is 0.0422. The number of hydrogen-bond donors (Lipinski definition) is 1. The lowest BCUT2D eigenvalue weighted by Crippen LogP contribution is -2.41. The van der Waals surface area contributed by atoms with Crippen LogP contribution in [0, 0.1) is 6.92 Å². The third-order valence-electron chi connectivity index (χ3n) is 4.05. The minimum atomic E-state index is -0.461. The Hall–Kier alpha value is -2.41. The van der Waals surface area contributed by atoms with Gasteiger partial charge in [-0.3, -0.25) is 0 Å². The van der Waals surface area contributed by atoms with Gasteiger partial charge in [0.1, 0.15) is 11.6 Å². The molecule has 1 aromatic heterocycles. The fourth-order valence-electron chi connectivity index (χ4n) is 2.79. The van der Waals surface area contributed by atoms with E-state index in [4.69, 9.17) is 10.5 Å². The Bertz CT molecular complexity index is 742. The number of carbonyl (C=O) groups excluding carboxylic acids is 2. The number of thiazole rings is 1. The number of carbonyl (C=O) groups is 2. The Morgan fingerprint density at radius 3 is 2.75 bits per heavy atom. The lowest BCUT2D eigenvalue weighted by Gasteiger charge is -2.22. The Morgan fingerprint density at radius 1 is 1.38 bits per heavy atom. The molecule has 0 radical (unpaired) electrons. The van der Waals surface area contributed by atoms with Crippen LogP contribution in [0.15, 0.2) is 29.6 Å².